The molecular weight excluding hydrogens is 390 g/mol. The Hall–Kier alpha value is -2.22. The molecule has 2 aromatic carbocycles. The van der Waals surface area contributed by atoms with Crippen LogP contribution in [0.5, 0.6) is 0 Å². The number of carbonyl (C=O) groups excluding carboxylic acids is 1. The van der Waals surface area contributed by atoms with Gasteiger partial charge in [0, 0.05) is 13.1 Å². The summed E-state index contributed by atoms with van der Waals surface area (Å²) in [5.74, 6) is -0.438. The highest BCUT2D eigenvalue weighted by Gasteiger charge is 2.26. The molecule has 1 heterocycles. The lowest BCUT2D eigenvalue weighted by atomic mass is 9.87. The van der Waals surface area contributed by atoms with E-state index < -0.39 is 16.0 Å². The number of nitrogens with zero attached hydrogens (tertiary/aromatic N) is 1. The zero-order valence-corrected chi connectivity index (χ0v) is 17.9. The first kappa shape index (κ1) is 21.5. The van der Waals surface area contributed by atoms with E-state index in [0.29, 0.717) is 37.4 Å². The zero-order chi connectivity index (χ0) is 21.1. The second-order valence-corrected chi connectivity index (χ2v) is 10.0. The van der Waals surface area contributed by atoms with Gasteiger partial charge in [-0.15, -0.1) is 0 Å². The van der Waals surface area contributed by atoms with Crippen LogP contribution >= 0.6 is 0 Å². The minimum atomic E-state index is -3.58. The van der Waals surface area contributed by atoms with Crippen LogP contribution in [0.4, 0.5) is 0 Å². The molecular formula is C22H27NO5S. The van der Waals surface area contributed by atoms with Gasteiger partial charge in [-0.3, -0.25) is 0 Å². The van der Waals surface area contributed by atoms with E-state index in [1.54, 1.807) is 36.4 Å². The number of esters is 1. The molecule has 0 N–H and O–H groups in total. The van der Waals surface area contributed by atoms with Crippen molar-refractivity contribution < 1.29 is 22.7 Å². The third-order valence-electron chi connectivity index (χ3n) is 4.86. The van der Waals surface area contributed by atoms with Gasteiger partial charge in [0.05, 0.1) is 23.7 Å². The Bertz CT molecular complexity index is 955. The Balaban J connectivity index is 1.67. The van der Waals surface area contributed by atoms with Crippen LogP contribution in [-0.2, 0) is 31.5 Å². The maximum absolute atomic E-state index is 12.8. The van der Waals surface area contributed by atoms with Gasteiger partial charge in [0.25, 0.3) is 0 Å². The topological polar surface area (TPSA) is 72.9 Å². The first-order chi connectivity index (χ1) is 13.7. The standard InChI is InChI=1S/C22H27NO5S/c1-22(2,3)19-9-7-18(8-10-19)21(24)28-16-17-5-4-6-20(15-17)29(25,26)23-11-13-27-14-12-23/h4-10,15H,11-14,16H2,1-3H3. The van der Waals surface area contributed by atoms with Crippen molar-refractivity contribution in [3.8, 4) is 0 Å². The highest BCUT2D eigenvalue weighted by Crippen LogP contribution is 2.23. The Labute approximate surface area is 172 Å². The van der Waals surface area contributed by atoms with Crippen molar-refractivity contribution in [2.24, 2.45) is 0 Å². The molecule has 0 aliphatic carbocycles. The number of sulfonamides is 1. The van der Waals surface area contributed by atoms with E-state index >= 15 is 0 Å². The number of benzene rings is 2. The van der Waals surface area contributed by atoms with Crippen LogP contribution in [0.3, 0.4) is 0 Å². The molecule has 0 radical (unpaired) electrons. The molecule has 0 saturated carbocycles. The van der Waals surface area contributed by atoms with Gasteiger partial charge in [0.1, 0.15) is 6.61 Å². The minimum Gasteiger partial charge on any atom is -0.457 e. The van der Waals surface area contributed by atoms with Crippen LogP contribution in [0.25, 0.3) is 0 Å². The van der Waals surface area contributed by atoms with Crippen LogP contribution in [0.1, 0.15) is 42.3 Å². The number of rotatable bonds is 5. The molecule has 6 nitrogen and oxygen atoms in total. The Morgan fingerprint density at radius 1 is 1.07 bits per heavy atom. The van der Waals surface area contributed by atoms with Gasteiger partial charge in [-0.2, -0.15) is 4.31 Å². The number of morpholine rings is 1. The summed E-state index contributed by atoms with van der Waals surface area (Å²) in [4.78, 5) is 12.5. The molecule has 0 bridgehead atoms. The molecule has 0 atom stereocenters. The molecule has 29 heavy (non-hydrogen) atoms. The summed E-state index contributed by atoms with van der Waals surface area (Å²) in [6.07, 6.45) is 0. The largest absolute Gasteiger partial charge is 0.457 e. The van der Waals surface area contributed by atoms with E-state index in [1.807, 2.05) is 12.1 Å². The molecule has 1 saturated heterocycles. The number of ether oxygens (including phenoxy) is 2. The second-order valence-electron chi connectivity index (χ2n) is 8.07. The van der Waals surface area contributed by atoms with Gasteiger partial charge in [0.2, 0.25) is 10.0 Å². The van der Waals surface area contributed by atoms with Crippen molar-refractivity contribution in [1.82, 2.24) is 4.31 Å². The first-order valence-corrected chi connectivity index (χ1v) is 11.1. The van der Waals surface area contributed by atoms with Crippen LogP contribution in [-0.4, -0.2) is 45.0 Å². The lowest BCUT2D eigenvalue weighted by molar-refractivity contribution is 0.0472. The number of hydrogen-bond acceptors (Lipinski definition) is 5. The van der Waals surface area contributed by atoms with Crippen LogP contribution in [0.2, 0.25) is 0 Å². The maximum atomic E-state index is 12.8. The molecule has 0 unspecified atom stereocenters. The summed E-state index contributed by atoms with van der Waals surface area (Å²) in [6, 6.07) is 13.9. The third kappa shape index (κ3) is 5.23. The van der Waals surface area contributed by atoms with E-state index in [1.165, 1.54) is 4.31 Å². The summed E-state index contributed by atoms with van der Waals surface area (Å²) in [5, 5.41) is 0. The molecule has 2 aromatic rings. The van der Waals surface area contributed by atoms with Gasteiger partial charge in [-0.25, -0.2) is 13.2 Å². The fourth-order valence-electron chi connectivity index (χ4n) is 3.07. The second kappa shape index (κ2) is 8.65. The van der Waals surface area contributed by atoms with Crippen molar-refractivity contribution in [3.63, 3.8) is 0 Å². The van der Waals surface area contributed by atoms with Gasteiger partial charge in [-0.05, 0) is 40.8 Å². The fourth-order valence-corrected chi connectivity index (χ4v) is 4.55. The number of hydrogen-bond donors (Lipinski definition) is 0. The van der Waals surface area contributed by atoms with Crippen LogP contribution < -0.4 is 0 Å². The van der Waals surface area contributed by atoms with Gasteiger partial charge < -0.3 is 9.47 Å². The highest BCUT2D eigenvalue weighted by atomic mass is 32.2. The zero-order valence-electron chi connectivity index (χ0n) is 17.1. The molecule has 156 valence electrons. The fraction of sp³-hybridized carbons (Fsp3) is 0.409. The Morgan fingerprint density at radius 3 is 2.34 bits per heavy atom. The van der Waals surface area contributed by atoms with Crippen molar-refractivity contribution in [2.75, 3.05) is 26.3 Å². The molecule has 7 heteroatoms. The summed E-state index contributed by atoms with van der Waals surface area (Å²) < 4.78 is 37.6. The molecule has 0 amide bonds. The molecule has 1 aliphatic heterocycles. The summed E-state index contributed by atoms with van der Waals surface area (Å²) in [5.41, 5.74) is 2.23. The van der Waals surface area contributed by atoms with Gasteiger partial charge >= 0.3 is 5.97 Å². The third-order valence-corrected chi connectivity index (χ3v) is 6.76. The molecule has 3 rings (SSSR count). The minimum absolute atomic E-state index is 0.00628. The van der Waals surface area contributed by atoms with E-state index in [2.05, 4.69) is 20.8 Å². The summed E-state index contributed by atoms with van der Waals surface area (Å²) in [6.45, 7) is 7.80. The molecule has 0 aromatic heterocycles. The van der Waals surface area contributed by atoms with E-state index in [0.717, 1.165) is 5.56 Å². The number of carbonyl (C=O) groups is 1. The molecule has 1 aliphatic rings. The average molecular weight is 418 g/mol. The Kier molecular flexibility index (Phi) is 6.41. The lowest BCUT2D eigenvalue weighted by Crippen LogP contribution is -2.40. The van der Waals surface area contributed by atoms with Crippen LogP contribution in [0.15, 0.2) is 53.4 Å². The monoisotopic (exact) mass is 417 g/mol. The SMILES string of the molecule is CC(C)(C)c1ccc(C(=O)OCc2cccc(S(=O)(=O)N3CCOCC3)c2)cc1. The first-order valence-electron chi connectivity index (χ1n) is 9.62. The predicted molar refractivity (Wildman–Crippen MR) is 110 cm³/mol. The predicted octanol–water partition coefficient (Wildman–Crippen LogP) is 3.36. The van der Waals surface area contributed by atoms with E-state index in [9.17, 15) is 13.2 Å². The van der Waals surface area contributed by atoms with Crippen molar-refractivity contribution in [2.45, 2.75) is 37.7 Å². The smallest absolute Gasteiger partial charge is 0.338 e. The van der Waals surface area contributed by atoms with Gasteiger partial charge in [-0.1, -0.05) is 45.0 Å². The van der Waals surface area contributed by atoms with Crippen LogP contribution in [0, 0.1) is 0 Å². The van der Waals surface area contributed by atoms with E-state index in [4.69, 9.17) is 9.47 Å². The van der Waals surface area contributed by atoms with Gasteiger partial charge in [0.15, 0.2) is 0 Å². The summed E-state index contributed by atoms with van der Waals surface area (Å²) >= 11 is 0. The van der Waals surface area contributed by atoms with Crippen molar-refractivity contribution >= 4 is 16.0 Å². The molecule has 1 fully saturated rings. The normalized spacial score (nSPS) is 15.8. The maximum Gasteiger partial charge on any atom is 0.338 e. The van der Waals surface area contributed by atoms with Crippen molar-refractivity contribution in [1.29, 1.82) is 0 Å². The Morgan fingerprint density at radius 2 is 1.72 bits per heavy atom. The lowest BCUT2D eigenvalue weighted by Gasteiger charge is -2.26. The van der Waals surface area contributed by atoms with Crippen molar-refractivity contribution in [3.05, 3.63) is 65.2 Å². The summed E-state index contributed by atoms with van der Waals surface area (Å²) in [7, 11) is -3.58. The average Bonchev–Trinajstić information content (AvgIpc) is 2.72. The quantitative estimate of drug-likeness (QED) is 0.698. The van der Waals surface area contributed by atoms with E-state index in [-0.39, 0.29) is 16.9 Å². The molecule has 0 spiro atoms. The highest BCUT2D eigenvalue weighted by molar-refractivity contribution is 7.89.